The SMILES string of the molecule is C[C@]12CCC(=O)C[C@H]1CC[C@@H]1[C@@H]2CC[C@@]2(C)[C@H]1CC[C@@]2(O)C(=O)CO. The number of hydrogen-bond donors (Lipinski definition) is 2. The molecule has 0 heterocycles. The monoisotopic (exact) mass is 348 g/mol. The highest BCUT2D eigenvalue weighted by Crippen LogP contribution is 2.68. The molecule has 0 amide bonds. The summed E-state index contributed by atoms with van der Waals surface area (Å²) in [5.74, 6) is 2.10. The summed E-state index contributed by atoms with van der Waals surface area (Å²) in [4.78, 5) is 24.3. The van der Waals surface area contributed by atoms with Gasteiger partial charge in [0.25, 0.3) is 0 Å². The van der Waals surface area contributed by atoms with Crippen molar-refractivity contribution in [3.8, 4) is 0 Å². The van der Waals surface area contributed by atoms with E-state index in [1.807, 2.05) is 0 Å². The predicted molar refractivity (Wildman–Crippen MR) is 93.8 cm³/mol. The third-order valence-electron chi connectivity index (χ3n) is 9.24. The Labute approximate surface area is 150 Å². The maximum absolute atomic E-state index is 12.3. The average molecular weight is 348 g/mol. The van der Waals surface area contributed by atoms with Crippen LogP contribution in [0.4, 0.5) is 0 Å². The van der Waals surface area contributed by atoms with Gasteiger partial charge in [0.2, 0.25) is 0 Å². The predicted octanol–water partition coefficient (Wildman–Crippen LogP) is 2.89. The standard InChI is InChI=1S/C21H32O4/c1-19-8-5-14(23)11-13(19)3-4-15-16(19)6-9-20(2)17(15)7-10-21(20,25)18(24)12-22/h13,15-17,22,25H,3-12H2,1-2H3/t13-,15-,16+,17+,19+,20+,21-/m1/s1. The molecule has 4 saturated carbocycles. The van der Waals surface area contributed by atoms with Gasteiger partial charge in [-0.25, -0.2) is 0 Å². The van der Waals surface area contributed by atoms with Crippen molar-refractivity contribution in [2.75, 3.05) is 6.61 Å². The molecule has 7 atom stereocenters. The summed E-state index contributed by atoms with van der Waals surface area (Å²) >= 11 is 0. The molecular weight excluding hydrogens is 316 g/mol. The molecular formula is C21H32O4. The highest BCUT2D eigenvalue weighted by molar-refractivity contribution is 5.89. The minimum Gasteiger partial charge on any atom is -0.388 e. The van der Waals surface area contributed by atoms with Crippen LogP contribution in [0.25, 0.3) is 0 Å². The molecule has 0 bridgehead atoms. The highest BCUT2D eigenvalue weighted by atomic mass is 16.3. The first-order chi connectivity index (χ1) is 11.8. The van der Waals surface area contributed by atoms with E-state index in [1.165, 1.54) is 0 Å². The van der Waals surface area contributed by atoms with E-state index in [0.29, 0.717) is 35.9 Å². The second-order valence-corrected chi connectivity index (χ2v) is 9.84. The van der Waals surface area contributed by atoms with Crippen LogP contribution < -0.4 is 0 Å². The molecule has 140 valence electrons. The number of hydrogen-bond acceptors (Lipinski definition) is 4. The maximum atomic E-state index is 12.3. The summed E-state index contributed by atoms with van der Waals surface area (Å²) in [6.07, 6.45) is 8.02. The molecule has 4 heteroatoms. The molecule has 0 saturated heterocycles. The molecule has 2 N–H and O–H groups in total. The van der Waals surface area contributed by atoms with Gasteiger partial charge in [-0.2, -0.15) is 0 Å². The van der Waals surface area contributed by atoms with E-state index in [1.54, 1.807) is 0 Å². The van der Waals surface area contributed by atoms with Crippen LogP contribution in [0.3, 0.4) is 0 Å². The Morgan fingerprint density at radius 1 is 1.08 bits per heavy atom. The lowest BCUT2D eigenvalue weighted by atomic mass is 9.44. The quantitative estimate of drug-likeness (QED) is 0.805. The number of carbonyl (C=O) groups excluding carboxylic acids is 2. The Balaban J connectivity index is 1.64. The summed E-state index contributed by atoms with van der Waals surface area (Å²) in [5, 5.41) is 20.6. The number of aliphatic hydroxyl groups is 2. The lowest BCUT2D eigenvalue weighted by molar-refractivity contribution is -0.172. The number of Topliss-reactive ketones (excluding diaryl/α,β-unsaturated/α-hetero) is 2. The van der Waals surface area contributed by atoms with Crippen molar-refractivity contribution in [2.45, 2.75) is 77.2 Å². The van der Waals surface area contributed by atoms with Crippen LogP contribution in [0.1, 0.15) is 71.6 Å². The minimum atomic E-state index is -1.35. The third-order valence-corrected chi connectivity index (χ3v) is 9.24. The van der Waals surface area contributed by atoms with Crippen LogP contribution >= 0.6 is 0 Å². The van der Waals surface area contributed by atoms with Gasteiger partial charge in [-0.05, 0) is 74.0 Å². The van der Waals surface area contributed by atoms with E-state index in [4.69, 9.17) is 0 Å². The molecule has 4 fully saturated rings. The smallest absolute Gasteiger partial charge is 0.190 e. The Bertz CT molecular complexity index is 601. The fourth-order valence-corrected chi connectivity index (χ4v) is 7.65. The van der Waals surface area contributed by atoms with Crippen LogP contribution in [0.2, 0.25) is 0 Å². The van der Waals surface area contributed by atoms with Gasteiger partial charge < -0.3 is 10.2 Å². The van der Waals surface area contributed by atoms with E-state index < -0.39 is 17.6 Å². The molecule has 4 nitrogen and oxygen atoms in total. The summed E-state index contributed by atoms with van der Waals surface area (Å²) in [5.41, 5.74) is -1.50. The zero-order chi connectivity index (χ0) is 18.0. The Morgan fingerprint density at radius 2 is 1.80 bits per heavy atom. The third kappa shape index (κ3) is 2.19. The van der Waals surface area contributed by atoms with Crippen molar-refractivity contribution in [2.24, 2.45) is 34.5 Å². The minimum absolute atomic E-state index is 0.250. The molecule has 0 aromatic rings. The molecule has 0 aromatic carbocycles. The van der Waals surface area contributed by atoms with Crippen LogP contribution in [0.5, 0.6) is 0 Å². The summed E-state index contributed by atoms with van der Waals surface area (Å²) < 4.78 is 0. The van der Waals surface area contributed by atoms with E-state index in [0.717, 1.165) is 51.4 Å². The lowest BCUT2D eigenvalue weighted by Crippen LogP contribution is -2.59. The van der Waals surface area contributed by atoms with Crippen molar-refractivity contribution in [1.82, 2.24) is 0 Å². The number of ketones is 2. The molecule has 0 unspecified atom stereocenters. The molecule has 4 aliphatic carbocycles. The molecule has 4 aliphatic rings. The van der Waals surface area contributed by atoms with Crippen molar-refractivity contribution in [1.29, 1.82) is 0 Å². The van der Waals surface area contributed by atoms with Gasteiger partial charge in [-0.15, -0.1) is 0 Å². The molecule has 0 aliphatic heterocycles. The second-order valence-electron chi connectivity index (χ2n) is 9.84. The first kappa shape index (κ1) is 17.7. The van der Waals surface area contributed by atoms with Crippen LogP contribution in [-0.2, 0) is 9.59 Å². The molecule has 0 aromatic heterocycles. The molecule has 0 radical (unpaired) electrons. The summed E-state index contributed by atoms with van der Waals surface area (Å²) in [6, 6.07) is 0. The van der Waals surface area contributed by atoms with Gasteiger partial charge in [0, 0.05) is 18.3 Å². The molecule has 0 spiro atoms. The normalized spacial score (nSPS) is 52.2. The van der Waals surface area contributed by atoms with E-state index >= 15 is 0 Å². The zero-order valence-electron chi connectivity index (χ0n) is 15.6. The fraction of sp³-hybridized carbons (Fsp3) is 0.905. The van der Waals surface area contributed by atoms with Crippen molar-refractivity contribution < 1.29 is 19.8 Å². The van der Waals surface area contributed by atoms with E-state index in [2.05, 4.69) is 13.8 Å². The van der Waals surface area contributed by atoms with Crippen molar-refractivity contribution >= 4 is 11.6 Å². The Kier molecular flexibility index (Phi) is 3.98. The number of aliphatic hydroxyl groups excluding tert-OH is 1. The van der Waals surface area contributed by atoms with Crippen LogP contribution in [0.15, 0.2) is 0 Å². The highest BCUT2D eigenvalue weighted by Gasteiger charge is 2.66. The topological polar surface area (TPSA) is 74.6 Å². The van der Waals surface area contributed by atoms with Gasteiger partial charge >= 0.3 is 0 Å². The largest absolute Gasteiger partial charge is 0.388 e. The van der Waals surface area contributed by atoms with Crippen LogP contribution in [0, 0.1) is 34.5 Å². The van der Waals surface area contributed by atoms with Gasteiger partial charge in [0.15, 0.2) is 5.78 Å². The number of rotatable bonds is 2. The maximum Gasteiger partial charge on any atom is 0.190 e. The Morgan fingerprint density at radius 3 is 2.52 bits per heavy atom. The second kappa shape index (κ2) is 5.63. The van der Waals surface area contributed by atoms with Crippen molar-refractivity contribution in [3.05, 3.63) is 0 Å². The van der Waals surface area contributed by atoms with E-state index in [-0.39, 0.29) is 11.2 Å². The lowest BCUT2D eigenvalue weighted by Gasteiger charge is -2.60. The van der Waals surface area contributed by atoms with Gasteiger partial charge in [-0.3, -0.25) is 9.59 Å². The summed E-state index contributed by atoms with van der Waals surface area (Å²) in [7, 11) is 0. The molecule has 25 heavy (non-hydrogen) atoms. The zero-order valence-corrected chi connectivity index (χ0v) is 15.6. The van der Waals surface area contributed by atoms with Crippen LogP contribution in [-0.4, -0.2) is 34.0 Å². The fourth-order valence-electron chi connectivity index (χ4n) is 7.65. The average Bonchev–Trinajstić information content (AvgIpc) is 2.87. The van der Waals surface area contributed by atoms with Gasteiger partial charge in [0.05, 0.1) is 0 Å². The number of carbonyl (C=O) groups is 2. The summed E-state index contributed by atoms with van der Waals surface area (Å²) in [6.45, 7) is 3.94. The van der Waals surface area contributed by atoms with E-state index in [9.17, 15) is 19.8 Å². The van der Waals surface area contributed by atoms with Gasteiger partial charge in [-0.1, -0.05) is 13.8 Å². The first-order valence-electron chi connectivity index (χ1n) is 10.1. The molecule has 4 rings (SSSR count). The van der Waals surface area contributed by atoms with Gasteiger partial charge in [0.1, 0.15) is 18.0 Å². The van der Waals surface area contributed by atoms with Crippen molar-refractivity contribution in [3.63, 3.8) is 0 Å². The number of fused-ring (bicyclic) bond motifs is 5. The first-order valence-corrected chi connectivity index (χ1v) is 10.1. The Hall–Kier alpha value is -0.740.